The second-order valence-corrected chi connectivity index (χ2v) is 8.28. The van der Waals surface area contributed by atoms with Crippen LogP contribution < -0.4 is 17.0 Å². The molecule has 0 saturated heterocycles. The first-order chi connectivity index (χ1) is 12.0. The molecule has 0 radical (unpaired) electrons. The van der Waals surface area contributed by atoms with Crippen molar-refractivity contribution in [2.24, 2.45) is 0 Å². The van der Waals surface area contributed by atoms with E-state index >= 15 is 0 Å². The van der Waals surface area contributed by atoms with Crippen molar-refractivity contribution in [2.45, 2.75) is 90.2 Å². The smallest absolute Gasteiger partial charge is 0.130 e. The Hall–Kier alpha value is -0.380. The lowest BCUT2D eigenvalue weighted by Gasteiger charge is -2.38. The maximum Gasteiger partial charge on any atom is 0.130 e. The van der Waals surface area contributed by atoms with Crippen LogP contribution in [0.4, 0.5) is 0 Å². The van der Waals surface area contributed by atoms with Gasteiger partial charge in [0, 0.05) is 0 Å². The molecule has 0 spiro atoms. The predicted molar refractivity (Wildman–Crippen MR) is 110 cm³/mol. The van der Waals surface area contributed by atoms with Gasteiger partial charge in [0.2, 0.25) is 0 Å². The molecule has 1 aromatic rings. The Kier molecular flexibility index (Phi) is 14.4. The third kappa shape index (κ3) is 10.1. The third-order valence-electron chi connectivity index (χ3n) is 5.79. The van der Waals surface area contributed by atoms with Gasteiger partial charge < -0.3 is 26.6 Å². The molecule has 1 rings (SSSR count). The maximum absolute atomic E-state index is 10.7. The summed E-state index contributed by atoms with van der Waals surface area (Å²) in [5, 5.41) is 10.7. The predicted octanol–water partition coefficient (Wildman–Crippen LogP) is 3.11. The Morgan fingerprint density at radius 1 is 0.808 bits per heavy atom. The number of hydrogen-bond donors (Lipinski definition) is 1. The van der Waals surface area contributed by atoms with Crippen LogP contribution in [0, 0.1) is 0 Å². The third-order valence-corrected chi connectivity index (χ3v) is 5.79. The van der Waals surface area contributed by atoms with E-state index in [1.165, 1.54) is 64.2 Å². The molecular weight excluding hydrogens is 386 g/mol. The highest BCUT2D eigenvalue weighted by Crippen LogP contribution is 2.24. The van der Waals surface area contributed by atoms with Crippen molar-refractivity contribution >= 4 is 0 Å². The lowest BCUT2D eigenvalue weighted by molar-refractivity contribution is -0.917. The first kappa shape index (κ1) is 25.6. The Morgan fingerprint density at radius 3 is 1.77 bits per heavy atom. The quantitative estimate of drug-likeness (QED) is 0.357. The summed E-state index contributed by atoms with van der Waals surface area (Å²) < 4.78 is 0.882. The van der Waals surface area contributed by atoms with E-state index in [-0.39, 0.29) is 29.1 Å². The summed E-state index contributed by atoms with van der Waals surface area (Å²) in [4.78, 5) is 0. The first-order valence-electron chi connectivity index (χ1n) is 10.5. The van der Waals surface area contributed by atoms with E-state index in [9.17, 15) is 5.11 Å². The molecule has 0 bridgehead atoms. The van der Waals surface area contributed by atoms with Crippen molar-refractivity contribution in [3.05, 3.63) is 35.9 Å². The number of likely N-dealkylation sites (N-methyl/N-ethyl adjacent to an activating group) is 1. The summed E-state index contributed by atoms with van der Waals surface area (Å²) in [6.45, 7) is 5.59. The molecule has 0 amide bonds. The Bertz CT molecular complexity index is 435. The second-order valence-electron chi connectivity index (χ2n) is 8.28. The van der Waals surface area contributed by atoms with Crippen LogP contribution in [0.5, 0.6) is 0 Å². The molecule has 0 aliphatic rings. The second kappa shape index (κ2) is 14.6. The minimum absolute atomic E-state index is 0. The summed E-state index contributed by atoms with van der Waals surface area (Å²) in [6, 6.07) is 10.3. The lowest BCUT2D eigenvalue weighted by atomic mass is 10.0. The van der Waals surface area contributed by atoms with Gasteiger partial charge in [0.1, 0.15) is 12.1 Å². The number of hydrogen-bond acceptors (Lipinski definition) is 1. The van der Waals surface area contributed by atoms with Gasteiger partial charge in [-0.25, -0.2) is 0 Å². The highest BCUT2D eigenvalue weighted by molar-refractivity contribution is 5.18. The van der Waals surface area contributed by atoms with E-state index in [1.54, 1.807) is 0 Å². The van der Waals surface area contributed by atoms with Crippen molar-refractivity contribution in [2.75, 3.05) is 20.6 Å². The van der Waals surface area contributed by atoms with Gasteiger partial charge in [0.25, 0.3) is 0 Å². The maximum atomic E-state index is 10.7. The van der Waals surface area contributed by atoms with Crippen LogP contribution >= 0.6 is 0 Å². The van der Waals surface area contributed by atoms with Crippen molar-refractivity contribution in [3.63, 3.8) is 0 Å². The van der Waals surface area contributed by atoms with Crippen LogP contribution in [-0.4, -0.2) is 36.3 Å². The number of quaternary nitrogens is 1. The van der Waals surface area contributed by atoms with Gasteiger partial charge in [0.05, 0.1) is 20.6 Å². The van der Waals surface area contributed by atoms with Gasteiger partial charge in [-0.2, -0.15) is 0 Å². The average molecular weight is 428 g/mol. The molecule has 152 valence electrons. The van der Waals surface area contributed by atoms with Crippen molar-refractivity contribution in [1.82, 2.24) is 0 Å². The molecule has 0 unspecified atom stereocenters. The van der Waals surface area contributed by atoms with Crippen LogP contribution in [0.3, 0.4) is 0 Å². The van der Waals surface area contributed by atoms with Gasteiger partial charge in [-0.05, 0) is 25.3 Å². The molecule has 0 heterocycles. The van der Waals surface area contributed by atoms with Crippen LogP contribution in [0.25, 0.3) is 0 Å². The van der Waals surface area contributed by atoms with E-state index in [4.69, 9.17) is 0 Å². The van der Waals surface area contributed by atoms with E-state index in [0.717, 1.165) is 16.6 Å². The number of benzene rings is 1. The fourth-order valence-corrected chi connectivity index (χ4v) is 3.52. The van der Waals surface area contributed by atoms with E-state index in [2.05, 4.69) is 27.9 Å². The minimum Gasteiger partial charge on any atom is -1.00 e. The Balaban J connectivity index is 0.00000625. The van der Waals surface area contributed by atoms with Crippen LogP contribution in [0.1, 0.15) is 89.7 Å². The zero-order valence-corrected chi connectivity index (χ0v) is 19.2. The highest BCUT2D eigenvalue weighted by atomic mass is 79.9. The molecule has 0 fully saturated rings. The fraction of sp³-hybridized carbons (Fsp3) is 0.739. The summed E-state index contributed by atoms with van der Waals surface area (Å²) in [5.74, 6) is 0. The van der Waals surface area contributed by atoms with Crippen LogP contribution in [0.15, 0.2) is 30.3 Å². The molecule has 0 aliphatic carbocycles. The number of aliphatic hydroxyl groups is 1. The number of aliphatic hydroxyl groups excluding tert-OH is 1. The van der Waals surface area contributed by atoms with Gasteiger partial charge in [-0.1, -0.05) is 88.6 Å². The van der Waals surface area contributed by atoms with Gasteiger partial charge in [-0.3, -0.25) is 0 Å². The van der Waals surface area contributed by atoms with Crippen molar-refractivity contribution < 1.29 is 26.6 Å². The van der Waals surface area contributed by atoms with Gasteiger partial charge in [0.15, 0.2) is 0 Å². The number of rotatable bonds is 14. The van der Waals surface area contributed by atoms with Crippen LogP contribution in [0.2, 0.25) is 0 Å². The standard InChI is InChI=1S/C23H42NO.BrH/c1-5-6-7-8-9-10-11-12-13-17-20-24(3,4)21(2)23(25)22-18-15-14-16-19-22;/h14-16,18-19,21,23,25H,5-13,17,20H2,1-4H3;1H/q+1;/p-1/t21-,23-;/m1./s1. The first-order valence-corrected chi connectivity index (χ1v) is 10.5. The topological polar surface area (TPSA) is 20.2 Å². The number of unbranched alkanes of at least 4 members (excludes halogenated alkanes) is 9. The van der Waals surface area contributed by atoms with Gasteiger partial charge in [-0.15, -0.1) is 0 Å². The average Bonchev–Trinajstić information content (AvgIpc) is 2.62. The zero-order chi connectivity index (χ0) is 18.5. The molecule has 2 atom stereocenters. The summed E-state index contributed by atoms with van der Waals surface area (Å²) in [6.07, 6.45) is 13.4. The molecule has 2 nitrogen and oxygen atoms in total. The lowest BCUT2D eigenvalue weighted by Crippen LogP contribution is -3.00. The van der Waals surface area contributed by atoms with Crippen molar-refractivity contribution in [1.29, 1.82) is 0 Å². The van der Waals surface area contributed by atoms with Crippen molar-refractivity contribution in [3.8, 4) is 0 Å². The van der Waals surface area contributed by atoms with E-state index < -0.39 is 0 Å². The molecule has 26 heavy (non-hydrogen) atoms. The summed E-state index contributed by atoms with van der Waals surface area (Å²) >= 11 is 0. The van der Waals surface area contributed by atoms with E-state index in [1.807, 2.05) is 30.3 Å². The normalized spacial score (nSPS) is 13.9. The Labute approximate surface area is 173 Å². The summed E-state index contributed by atoms with van der Waals surface area (Å²) in [5.41, 5.74) is 1.03. The molecule has 0 aromatic heterocycles. The zero-order valence-electron chi connectivity index (χ0n) is 17.6. The molecule has 0 saturated carbocycles. The largest absolute Gasteiger partial charge is 1.00 e. The molecular formula is C23H42BrNO. The fourth-order valence-electron chi connectivity index (χ4n) is 3.52. The SMILES string of the molecule is CCCCCCCCCCCC[N+](C)(C)[C@H](C)[C@@H](O)c1ccccc1.[Br-]. The minimum atomic E-state index is -0.390. The monoisotopic (exact) mass is 427 g/mol. The molecule has 1 aromatic carbocycles. The summed E-state index contributed by atoms with van der Waals surface area (Å²) in [7, 11) is 4.51. The van der Waals surface area contributed by atoms with Gasteiger partial charge >= 0.3 is 0 Å². The van der Waals surface area contributed by atoms with E-state index in [0.29, 0.717) is 0 Å². The molecule has 3 heteroatoms. The molecule has 0 aliphatic heterocycles. The highest BCUT2D eigenvalue weighted by Gasteiger charge is 2.30. The number of halogens is 1. The molecule has 1 N–H and O–H groups in total. The van der Waals surface area contributed by atoms with Crippen LogP contribution in [-0.2, 0) is 0 Å². The Morgan fingerprint density at radius 2 is 1.27 bits per heavy atom. The number of nitrogens with zero attached hydrogens (tertiary/aromatic N) is 1.